The quantitative estimate of drug-likeness (QED) is 0.588. The highest BCUT2D eigenvalue weighted by Crippen LogP contribution is 2.30. The summed E-state index contributed by atoms with van der Waals surface area (Å²) in [6.45, 7) is 0. The van der Waals surface area contributed by atoms with Crippen LogP contribution in [-0.2, 0) is 9.59 Å². The Hall–Kier alpha value is -2.86. The monoisotopic (exact) mass is 399 g/mol. The fourth-order valence-electron chi connectivity index (χ4n) is 3.23. The molecule has 1 saturated carbocycles. The molecule has 6 nitrogen and oxygen atoms in total. The number of aromatic nitrogens is 1. The number of rotatable bonds is 6. The fourth-order valence-corrected chi connectivity index (χ4v) is 3.45. The van der Waals surface area contributed by atoms with Crippen LogP contribution >= 0.6 is 11.6 Å². The predicted octanol–water partition coefficient (Wildman–Crippen LogP) is 5.10. The van der Waals surface area contributed by atoms with E-state index >= 15 is 0 Å². The van der Waals surface area contributed by atoms with Crippen LogP contribution in [0, 0.1) is 5.92 Å². The zero-order valence-electron chi connectivity index (χ0n) is 15.3. The number of aliphatic carboxylic acids is 1. The number of nitrogens with zero attached hydrogens (tertiary/aromatic N) is 1. The maximum atomic E-state index is 12.6. The van der Waals surface area contributed by atoms with Crippen molar-refractivity contribution >= 4 is 46.7 Å². The number of anilines is 3. The maximum absolute atomic E-state index is 12.6. The minimum Gasteiger partial charge on any atom is -0.478 e. The lowest BCUT2D eigenvalue weighted by Crippen LogP contribution is -2.25. The number of carbonyl (C=O) groups excluding carboxylic acids is 1. The number of benzene rings is 1. The van der Waals surface area contributed by atoms with Crippen LogP contribution < -0.4 is 10.6 Å². The van der Waals surface area contributed by atoms with E-state index in [-0.39, 0.29) is 11.8 Å². The van der Waals surface area contributed by atoms with Gasteiger partial charge in [0, 0.05) is 18.2 Å². The Bertz CT molecular complexity index is 892. The van der Waals surface area contributed by atoms with Crippen molar-refractivity contribution in [3.8, 4) is 0 Å². The molecule has 0 spiro atoms. The summed E-state index contributed by atoms with van der Waals surface area (Å²) in [5.74, 6) is -0.513. The summed E-state index contributed by atoms with van der Waals surface area (Å²) in [5, 5.41) is 15.2. The van der Waals surface area contributed by atoms with Crippen LogP contribution in [0.15, 0.2) is 42.6 Å². The SMILES string of the molecule is O=C(O)/C=C/c1cnc(Nc2ccccc2NC(=O)C2CCCCC2)c(Cl)c1. The number of amides is 1. The molecular formula is C21H22ClN3O3. The zero-order chi connectivity index (χ0) is 19.9. The molecule has 1 aromatic carbocycles. The summed E-state index contributed by atoms with van der Waals surface area (Å²) < 4.78 is 0. The normalized spacial score (nSPS) is 14.8. The van der Waals surface area contributed by atoms with Crippen LogP contribution in [0.5, 0.6) is 0 Å². The lowest BCUT2D eigenvalue weighted by atomic mass is 9.88. The minimum atomic E-state index is -1.04. The number of halogens is 1. The first kappa shape index (κ1) is 19.9. The Morgan fingerprint density at radius 2 is 1.86 bits per heavy atom. The third-order valence-electron chi connectivity index (χ3n) is 4.69. The van der Waals surface area contributed by atoms with Crippen molar-refractivity contribution in [1.29, 1.82) is 0 Å². The first-order chi connectivity index (χ1) is 13.5. The van der Waals surface area contributed by atoms with E-state index in [0.717, 1.165) is 31.8 Å². The van der Waals surface area contributed by atoms with Crippen molar-refractivity contribution in [2.45, 2.75) is 32.1 Å². The van der Waals surface area contributed by atoms with Gasteiger partial charge in [0.15, 0.2) is 0 Å². The van der Waals surface area contributed by atoms with Gasteiger partial charge in [-0.25, -0.2) is 9.78 Å². The van der Waals surface area contributed by atoms with Crippen LogP contribution in [0.3, 0.4) is 0 Å². The number of carbonyl (C=O) groups is 2. The van der Waals surface area contributed by atoms with Crippen molar-refractivity contribution in [2.24, 2.45) is 5.92 Å². The number of carboxylic acids is 1. The molecule has 3 rings (SSSR count). The molecule has 0 radical (unpaired) electrons. The third-order valence-corrected chi connectivity index (χ3v) is 4.98. The second-order valence-corrected chi connectivity index (χ2v) is 7.17. The second-order valence-electron chi connectivity index (χ2n) is 6.77. The summed E-state index contributed by atoms with van der Waals surface area (Å²) in [4.78, 5) is 27.5. The molecule has 0 unspecified atom stereocenters. The van der Waals surface area contributed by atoms with E-state index in [1.807, 2.05) is 24.3 Å². The number of nitrogens with one attached hydrogen (secondary N) is 2. The Balaban J connectivity index is 1.74. The summed E-state index contributed by atoms with van der Waals surface area (Å²) >= 11 is 6.28. The van der Waals surface area contributed by atoms with Crippen molar-refractivity contribution in [3.63, 3.8) is 0 Å². The van der Waals surface area contributed by atoms with Crippen molar-refractivity contribution in [3.05, 3.63) is 53.2 Å². The van der Waals surface area contributed by atoms with Crippen LogP contribution in [0.2, 0.25) is 5.02 Å². The summed E-state index contributed by atoms with van der Waals surface area (Å²) in [6.07, 6.45) is 9.22. The summed E-state index contributed by atoms with van der Waals surface area (Å²) in [6, 6.07) is 9.01. The van der Waals surface area contributed by atoms with Crippen molar-refractivity contribution in [2.75, 3.05) is 10.6 Å². The molecule has 28 heavy (non-hydrogen) atoms. The zero-order valence-corrected chi connectivity index (χ0v) is 16.1. The van der Waals surface area contributed by atoms with Crippen molar-refractivity contribution < 1.29 is 14.7 Å². The highest BCUT2D eigenvalue weighted by atomic mass is 35.5. The Kier molecular flexibility index (Phi) is 6.66. The minimum absolute atomic E-state index is 0.0437. The van der Waals surface area contributed by atoms with Gasteiger partial charge in [-0.15, -0.1) is 0 Å². The van der Waals surface area contributed by atoms with E-state index in [2.05, 4.69) is 15.6 Å². The maximum Gasteiger partial charge on any atom is 0.328 e. The van der Waals surface area contributed by atoms with Crippen LogP contribution in [-0.4, -0.2) is 22.0 Å². The summed E-state index contributed by atoms with van der Waals surface area (Å²) in [5.41, 5.74) is 1.94. The first-order valence-electron chi connectivity index (χ1n) is 9.26. The van der Waals surface area contributed by atoms with Gasteiger partial charge in [-0.1, -0.05) is 43.0 Å². The van der Waals surface area contributed by atoms with Crippen LogP contribution in [0.25, 0.3) is 6.08 Å². The van der Waals surface area contributed by atoms with Gasteiger partial charge in [0.25, 0.3) is 0 Å². The fraction of sp³-hybridized carbons (Fsp3) is 0.286. The largest absolute Gasteiger partial charge is 0.478 e. The molecule has 1 heterocycles. The first-order valence-corrected chi connectivity index (χ1v) is 9.64. The molecule has 0 aliphatic heterocycles. The smallest absolute Gasteiger partial charge is 0.328 e. The van der Waals surface area contributed by atoms with E-state index in [1.54, 1.807) is 6.07 Å². The number of hydrogen-bond acceptors (Lipinski definition) is 4. The Labute approximate surface area is 168 Å². The molecule has 1 amide bonds. The molecular weight excluding hydrogens is 378 g/mol. The van der Waals surface area contributed by atoms with Crippen LogP contribution in [0.4, 0.5) is 17.2 Å². The molecule has 7 heteroatoms. The molecule has 0 atom stereocenters. The molecule has 146 valence electrons. The highest BCUT2D eigenvalue weighted by Gasteiger charge is 2.21. The lowest BCUT2D eigenvalue weighted by Gasteiger charge is -2.21. The Morgan fingerprint density at radius 3 is 2.54 bits per heavy atom. The van der Waals surface area contributed by atoms with Gasteiger partial charge in [0.2, 0.25) is 5.91 Å². The van der Waals surface area contributed by atoms with Gasteiger partial charge >= 0.3 is 5.97 Å². The van der Waals surface area contributed by atoms with Crippen molar-refractivity contribution in [1.82, 2.24) is 4.98 Å². The average molecular weight is 400 g/mol. The van der Waals surface area contributed by atoms with E-state index in [9.17, 15) is 9.59 Å². The van der Waals surface area contributed by atoms with Gasteiger partial charge in [0.1, 0.15) is 5.82 Å². The highest BCUT2D eigenvalue weighted by molar-refractivity contribution is 6.33. The van der Waals surface area contributed by atoms with Gasteiger partial charge in [-0.2, -0.15) is 0 Å². The molecule has 1 aromatic heterocycles. The summed E-state index contributed by atoms with van der Waals surface area (Å²) in [7, 11) is 0. The topological polar surface area (TPSA) is 91.3 Å². The van der Waals surface area contributed by atoms with Gasteiger partial charge in [0.05, 0.1) is 16.4 Å². The molecule has 0 bridgehead atoms. The molecule has 2 aromatic rings. The molecule has 0 saturated heterocycles. The van der Waals surface area contributed by atoms with E-state index in [1.165, 1.54) is 18.7 Å². The predicted molar refractivity (Wildman–Crippen MR) is 111 cm³/mol. The number of carboxylic acid groups (broad SMARTS) is 1. The number of para-hydroxylation sites is 2. The molecule has 1 fully saturated rings. The van der Waals surface area contributed by atoms with E-state index < -0.39 is 5.97 Å². The Morgan fingerprint density at radius 1 is 1.14 bits per heavy atom. The third kappa shape index (κ3) is 5.33. The lowest BCUT2D eigenvalue weighted by molar-refractivity contribution is -0.131. The van der Waals surface area contributed by atoms with Gasteiger partial charge in [-0.3, -0.25) is 4.79 Å². The van der Waals surface area contributed by atoms with Crippen LogP contribution in [0.1, 0.15) is 37.7 Å². The number of hydrogen-bond donors (Lipinski definition) is 3. The van der Waals surface area contributed by atoms with Gasteiger partial charge in [-0.05, 0) is 42.7 Å². The number of pyridine rings is 1. The standard InChI is InChI=1S/C21H22ClN3O3/c22-16-12-14(10-11-19(26)27)13-23-20(16)24-17-8-4-5-9-18(17)25-21(28)15-6-2-1-3-7-15/h4-5,8-13,15H,1-3,6-7H2,(H,23,24)(H,25,28)(H,26,27)/b11-10+. The average Bonchev–Trinajstić information content (AvgIpc) is 2.70. The molecule has 1 aliphatic carbocycles. The molecule has 3 N–H and O–H groups in total. The van der Waals surface area contributed by atoms with Gasteiger partial charge < -0.3 is 15.7 Å². The van der Waals surface area contributed by atoms with E-state index in [4.69, 9.17) is 16.7 Å². The molecule has 1 aliphatic rings. The second kappa shape index (κ2) is 9.37. The van der Waals surface area contributed by atoms with E-state index in [0.29, 0.717) is 27.8 Å².